The Kier molecular flexibility index (Phi) is 5.39. The molecule has 1 heterocycles. The molecule has 5 nitrogen and oxygen atoms in total. The molecular formula is C18H26N2O3. The van der Waals surface area contributed by atoms with Gasteiger partial charge in [-0.2, -0.15) is 0 Å². The van der Waals surface area contributed by atoms with Crippen LogP contribution in [0.25, 0.3) is 0 Å². The maximum absolute atomic E-state index is 12.2. The second kappa shape index (κ2) is 7.68. The number of carbonyl (C=O) groups excluding carboxylic acids is 1. The lowest BCUT2D eigenvalue weighted by molar-refractivity contribution is -0.140. The summed E-state index contributed by atoms with van der Waals surface area (Å²) in [7, 11) is 1.66. The van der Waals surface area contributed by atoms with Crippen LogP contribution in [0.3, 0.4) is 0 Å². The van der Waals surface area contributed by atoms with E-state index in [0.717, 1.165) is 57.1 Å². The summed E-state index contributed by atoms with van der Waals surface area (Å²) in [5.41, 5.74) is 0. The molecule has 0 aromatic heterocycles. The number of carbonyl (C=O) groups is 1. The fourth-order valence-electron chi connectivity index (χ4n) is 3.07. The van der Waals surface area contributed by atoms with Crippen LogP contribution in [0.2, 0.25) is 0 Å². The van der Waals surface area contributed by atoms with Gasteiger partial charge in [-0.1, -0.05) is 6.42 Å². The van der Waals surface area contributed by atoms with Gasteiger partial charge < -0.3 is 14.4 Å². The summed E-state index contributed by atoms with van der Waals surface area (Å²) in [6.45, 7) is 5.19. The van der Waals surface area contributed by atoms with Gasteiger partial charge in [0.2, 0.25) is 5.91 Å². The second-order valence-electron chi connectivity index (χ2n) is 6.32. The van der Waals surface area contributed by atoms with Gasteiger partial charge in [0, 0.05) is 38.6 Å². The number of hydrogen-bond donors (Lipinski definition) is 0. The molecule has 0 bridgehead atoms. The first-order chi connectivity index (χ1) is 11.3. The fraction of sp³-hybridized carbons (Fsp3) is 0.611. The van der Waals surface area contributed by atoms with E-state index < -0.39 is 0 Å². The third-order valence-electron chi connectivity index (χ3n) is 4.87. The normalized spacial score (nSPS) is 19.3. The smallest absolute Gasteiger partial charge is 0.225 e. The van der Waals surface area contributed by atoms with Gasteiger partial charge in [0.25, 0.3) is 0 Å². The van der Waals surface area contributed by atoms with E-state index in [0.29, 0.717) is 18.4 Å². The van der Waals surface area contributed by atoms with Gasteiger partial charge >= 0.3 is 0 Å². The van der Waals surface area contributed by atoms with E-state index in [1.807, 2.05) is 29.2 Å². The minimum Gasteiger partial charge on any atom is -0.497 e. The van der Waals surface area contributed by atoms with E-state index in [-0.39, 0.29) is 0 Å². The monoisotopic (exact) mass is 318 g/mol. The quantitative estimate of drug-likeness (QED) is 0.805. The van der Waals surface area contributed by atoms with Crippen LogP contribution in [-0.2, 0) is 4.79 Å². The molecule has 0 unspecified atom stereocenters. The molecule has 1 saturated carbocycles. The van der Waals surface area contributed by atoms with Gasteiger partial charge in [-0.25, -0.2) is 0 Å². The average molecular weight is 318 g/mol. The maximum atomic E-state index is 12.2. The molecule has 1 amide bonds. The maximum Gasteiger partial charge on any atom is 0.225 e. The molecule has 1 aromatic rings. The highest BCUT2D eigenvalue weighted by atomic mass is 16.5. The number of ether oxygens (including phenoxy) is 2. The zero-order valence-electron chi connectivity index (χ0n) is 13.9. The number of methoxy groups -OCH3 is 1. The van der Waals surface area contributed by atoms with E-state index in [1.165, 1.54) is 6.42 Å². The standard InChI is InChI=1S/C18H26N2O3/c1-22-16-5-7-17(8-6-16)23-14-13-19-9-11-20(12-10-19)18(21)15-3-2-4-15/h5-8,15H,2-4,9-14H2,1H3. The number of rotatable bonds is 6. The molecule has 1 aromatic carbocycles. The van der Waals surface area contributed by atoms with Gasteiger partial charge in [0.1, 0.15) is 18.1 Å². The van der Waals surface area contributed by atoms with E-state index in [9.17, 15) is 4.79 Å². The Bertz CT molecular complexity index is 506. The van der Waals surface area contributed by atoms with Gasteiger partial charge in [-0.3, -0.25) is 9.69 Å². The molecule has 126 valence electrons. The van der Waals surface area contributed by atoms with Gasteiger partial charge in [0.15, 0.2) is 0 Å². The predicted octanol–water partition coefficient (Wildman–Crippen LogP) is 2.02. The highest BCUT2D eigenvalue weighted by molar-refractivity contribution is 5.79. The van der Waals surface area contributed by atoms with Crippen molar-refractivity contribution in [1.82, 2.24) is 9.80 Å². The van der Waals surface area contributed by atoms with Crippen LogP contribution in [0.15, 0.2) is 24.3 Å². The Hall–Kier alpha value is -1.75. The van der Waals surface area contributed by atoms with Crippen LogP contribution in [0, 0.1) is 5.92 Å². The van der Waals surface area contributed by atoms with Crippen LogP contribution in [0.5, 0.6) is 11.5 Å². The van der Waals surface area contributed by atoms with Crippen LogP contribution >= 0.6 is 0 Å². The zero-order chi connectivity index (χ0) is 16.1. The number of hydrogen-bond acceptors (Lipinski definition) is 4. The van der Waals surface area contributed by atoms with E-state index >= 15 is 0 Å². The second-order valence-corrected chi connectivity index (χ2v) is 6.32. The molecule has 0 N–H and O–H groups in total. The number of nitrogens with zero attached hydrogens (tertiary/aromatic N) is 2. The van der Waals surface area contributed by atoms with Crippen molar-refractivity contribution < 1.29 is 14.3 Å². The lowest BCUT2D eigenvalue weighted by Crippen LogP contribution is -2.51. The zero-order valence-corrected chi connectivity index (χ0v) is 13.9. The molecular weight excluding hydrogens is 292 g/mol. The molecule has 0 radical (unpaired) electrons. The van der Waals surface area contributed by atoms with Gasteiger partial charge in [-0.15, -0.1) is 0 Å². The Morgan fingerprint density at radius 1 is 1.09 bits per heavy atom. The Balaban J connectivity index is 1.34. The van der Waals surface area contributed by atoms with Crippen molar-refractivity contribution in [3.63, 3.8) is 0 Å². The minimum atomic E-state index is 0.319. The molecule has 0 spiro atoms. The summed E-state index contributed by atoms with van der Waals surface area (Å²) in [6.07, 6.45) is 3.41. The van der Waals surface area contributed by atoms with Crippen LogP contribution < -0.4 is 9.47 Å². The Morgan fingerprint density at radius 3 is 2.30 bits per heavy atom. The van der Waals surface area contributed by atoms with Crippen molar-refractivity contribution in [2.75, 3.05) is 46.4 Å². The van der Waals surface area contributed by atoms with Gasteiger partial charge in [-0.05, 0) is 37.1 Å². The van der Waals surface area contributed by atoms with E-state index in [4.69, 9.17) is 9.47 Å². The molecule has 3 rings (SSSR count). The van der Waals surface area contributed by atoms with Crippen LogP contribution in [0.4, 0.5) is 0 Å². The van der Waals surface area contributed by atoms with Crippen molar-refractivity contribution in [2.45, 2.75) is 19.3 Å². The highest BCUT2D eigenvalue weighted by Gasteiger charge is 2.30. The third-order valence-corrected chi connectivity index (χ3v) is 4.87. The molecule has 1 aliphatic heterocycles. The first-order valence-corrected chi connectivity index (χ1v) is 8.54. The summed E-state index contributed by atoms with van der Waals surface area (Å²) in [5, 5.41) is 0. The summed E-state index contributed by atoms with van der Waals surface area (Å²) in [5.74, 6) is 2.40. The molecule has 23 heavy (non-hydrogen) atoms. The third kappa shape index (κ3) is 4.16. The Morgan fingerprint density at radius 2 is 1.74 bits per heavy atom. The van der Waals surface area contributed by atoms with Crippen molar-refractivity contribution in [1.29, 1.82) is 0 Å². The van der Waals surface area contributed by atoms with Crippen LogP contribution in [0.1, 0.15) is 19.3 Å². The lowest BCUT2D eigenvalue weighted by atomic mass is 9.84. The first kappa shape index (κ1) is 16.1. The SMILES string of the molecule is COc1ccc(OCCN2CCN(C(=O)C3CCC3)CC2)cc1. The predicted molar refractivity (Wildman–Crippen MR) is 88.9 cm³/mol. The highest BCUT2D eigenvalue weighted by Crippen LogP contribution is 2.28. The van der Waals surface area contributed by atoms with Crippen molar-refractivity contribution in [3.8, 4) is 11.5 Å². The molecule has 5 heteroatoms. The Labute approximate surface area is 138 Å². The topological polar surface area (TPSA) is 42.0 Å². The molecule has 1 aliphatic carbocycles. The fourth-order valence-corrected chi connectivity index (χ4v) is 3.07. The molecule has 1 saturated heterocycles. The van der Waals surface area contributed by atoms with E-state index in [2.05, 4.69) is 4.90 Å². The summed E-state index contributed by atoms with van der Waals surface area (Å²) in [4.78, 5) is 16.6. The summed E-state index contributed by atoms with van der Waals surface area (Å²) >= 11 is 0. The van der Waals surface area contributed by atoms with Crippen molar-refractivity contribution in [2.24, 2.45) is 5.92 Å². The van der Waals surface area contributed by atoms with Crippen molar-refractivity contribution >= 4 is 5.91 Å². The lowest BCUT2D eigenvalue weighted by Gasteiger charge is -2.38. The molecule has 2 fully saturated rings. The largest absolute Gasteiger partial charge is 0.497 e. The average Bonchev–Trinajstić information content (AvgIpc) is 2.54. The van der Waals surface area contributed by atoms with E-state index in [1.54, 1.807) is 7.11 Å². The molecule has 2 aliphatic rings. The minimum absolute atomic E-state index is 0.319. The van der Waals surface area contributed by atoms with Crippen molar-refractivity contribution in [3.05, 3.63) is 24.3 Å². The summed E-state index contributed by atoms with van der Waals surface area (Å²) in [6, 6.07) is 7.66. The van der Waals surface area contributed by atoms with Gasteiger partial charge in [0.05, 0.1) is 7.11 Å². The number of piperazine rings is 1. The molecule has 0 atom stereocenters. The van der Waals surface area contributed by atoms with Crippen LogP contribution in [-0.4, -0.2) is 62.1 Å². The summed E-state index contributed by atoms with van der Waals surface area (Å²) < 4.78 is 10.9. The number of amides is 1. The number of benzene rings is 1. The first-order valence-electron chi connectivity index (χ1n) is 8.54.